The molecule has 19 heavy (non-hydrogen) atoms. The van der Waals surface area contributed by atoms with Gasteiger partial charge in [0.05, 0.1) is 18.8 Å². The third-order valence-corrected chi connectivity index (χ3v) is 3.77. The number of ether oxygens (including phenoxy) is 3. The molecule has 0 spiro atoms. The average molecular weight is 267 g/mol. The minimum absolute atomic E-state index is 0.341. The molecule has 1 saturated heterocycles. The summed E-state index contributed by atoms with van der Waals surface area (Å²) in [5, 5.41) is 0. The van der Waals surface area contributed by atoms with Crippen LogP contribution < -0.4 is 0 Å². The summed E-state index contributed by atoms with van der Waals surface area (Å²) >= 11 is 0. The number of hydrogen-bond acceptors (Lipinski definition) is 4. The van der Waals surface area contributed by atoms with Gasteiger partial charge >= 0.3 is 0 Å². The van der Waals surface area contributed by atoms with E-state index in [-0.39, 0.29) is 0 Å². The Morgan fingerprint density at radius 2 is 1.84 bits per heavy atom. The Labute approximate surface area is 116 Å². The monoisotopic (exact) mass is 267 g/mol. The van der Waals surface area contributed by atoms with Crippen molar-refractivity contribution in [3.63, 3.8) is 0 Å². The summed E-state index contributed by atoms with van der Waals surface area (Å²) in [7, 11) is 1.75. The van der Waals surface area contributed by atoms with E-state index in [4.69, 9.17) is 14.2 Å². The average Bonchev–Trinajstić information content (AvgIpc) is 2.32. The first-order valence-corrected chi connectivity index (χ1v) is 7.18. The topological polar surface area (TPSA) is 30.9 Å². The van der Waals surface area contributed by atoms with Gasteiger partial charge in [0.25, 0.3) is 0 Å². The lowest BCUT2D eigenvalue weighted by Gasteiger charge is -2.36. The van der Waals surface area contributed by atoms with Gasteiger partial charge < -0.3 is 19.1 Å². The molecule has 2 rings (SSSR count). The number of hydrogen-bond donors (Lipinski definition) is 0. The quantitative estimate of drug-likeness (QED) is 0.511. The van der Waals surface area contributed by atoms with Crippen LogP contribution in [0, 0.1) is 17.8 Å². The molecule has 2 aliphatic rings. The molecule has 0 aromatic carbocycles. The van der Waals surface area contributed by atoms with Gasteiger partial charge in [-0.15, -0.1) is 0 Å². The summed E-state index contributed by atoms with van der Waals surface area (Å²) in [5.74, 6) is 6.84. The largest absolute Gasteiger partial charge is 0.381 e. The van der Waals surface area contributed by atoms with E-state index in [1.807, 2.05) is 0 Å². The second-order valence-corrected chi connectivity index (χ2v) is 5.53. The molecular formula is C15H25NO3. The number of methoxy groups -OCH3 is 1. The molecule has 0 N–H and O–H groups in total. The normalized spacial score (nSPS) is 27.3. The van der Waals surface area contributed by atoms with Crippen LogP contribution in [-0.2, 0) is 14.2 Å². The second kappa shape index (κ2) is 7.86. The SMILES string of the molecule is CO[C@H]1C[C@H](OCC#CCOCCN2CC(C)C2)C1. The smallest absolute Gasteiger partial charge is 0.108 e. The van der Waals surface area contributed by atoms with Gasteiger partial charge in [-0.25, -0.2) is 0 Å². The van der Waals surface area contributed by atoms with E-state index >= 15 is 0 Å². The third-order valence-electron chi connectivity index (χ3n) is 3.77. The van der Waals surface area contributed by atoms with Crippen molar-refractivity contribution in [3.05, 3.63) is 0 Å². The van der Waals surface area contributed by atoms with Gasteiger partial charge in [0, 0.05) is 26.7 Å². The van der Waals surface area contributed by atoms with Crippen molar-refractivity contribution in [1.82, 2.24) is 4.90 Å². The van der Waals surface area contributed by atoms with Crippen LogP contribution in [0.15, 0.2) is 0 Å². The maximum absolute atomic E-state index is 5.58. The lowest BCUT2D eigenvalue weighted by Crippen LogP contribution is -2.46. The maximum Gasteiger partial charge on any atom is 0.108 e. The molecule has 1 heterocycles. The van der Waals surface area contributed by atoms with Gasteiger partial charge in [-0.05, 0) is 18.8 Å². The standard InChI is InChI=1S/C15H25NO3/c1-13-11-16(12-13)5-8-18-6-3-4-7-19-15-9-14(10-15)17-2/h13-15H,5-12H2,1-2H3/t14-,15-. The molecule has 0 amide bonds. The first-order valence-electron chi connectivity index (χ1n) is 7.18. The molecule has 1 aliphatic heterocycles. The highest BCUT2D eigenvalue weighted by molar-refractivity contribution is 4.99. The van der Waals surface area contributed by atoms with Crippen molar-refractivity contribution in [2.24, 2.45) is 5.92 Å². The van der Waals surface area contributed by atoms with Crippen LogP contribution in [-0.4, -0.2) is 63.7 Å². The number of likely N-dealkylation sites (tertiary alicyclic amines) is 1. The van der Waals surface area contributed by atoms with E-state index in [0.717, 1.165) is 31.9 Å². The highest BCUT2D eigenvalue weighted by Gasteiger charge is 2.29. The van der Waals surface area contributed by atoms with Gasteiger partial charge in [-0.1, -0.05) is 18.8 Å². The van der Waals surface area contributed by atoms with Crippen molar-refractivity contribution >= 4 is 0 Å². The van der Waals surface area contributed by atoms with Crippen LogP contribution in [0.5, 0.6) is 0 Å². The van der Waals surface area contributed by atoms with Crippen molar-refractivity contribution < 1.29 is 14.2 Å². The molecule has 108 valence electrons. The van der Waals surface area contributed by atoms with Crippen molar-refractivity contribution in [3.8, 4) is 11.8 Å². The molecule has 2 fully saturated rings. The van der Waals surface area contributed by atoms with Crippen molar-refractivity contribution in [2.45, 2.75) is 32.0 Å². The van der Waals surface area contributed by atoms with Gasteiger partial charge in [0.1, 0.15) is 13.2 Å². The third kappa shape index (κ3) is 5.12. The Morgan fingerprint density at radius 1 is 1.11 bits per heavy atom. The first kappa shape index (κ1) is 14.8. The first-order chi connectivity index (χ1) is 9.28. The predicted molar refractivity (Wildman–Crippen MR) is 74.0 cm³/mol. The summed E-state index contributed by atoms with van der Waals surface area (Å²) in [6.45, 7) is 7.54. The fraction of sp³-hybridized carbons (Fsp3) is 0.867. The van der Waals surface area contributed by atoms with Gasteiger partial charge in [0.2, 0.25) is 0 Å². The Hall–Kier alpha value is -0.600. The Morgan fingerprint density at radius 3 is 2.53 bits per heavy atom. The van der Waals surface area contributed by atoms with Gasteiger partial charge in [-0.2, -0.15) is 0 Å². The maximum atomic E-state index is 5.58. The highest BCUT2D eigenvalue weighted by Crippen LogP contribution is 2.25. The zero-order chi connectivity index (χ0) is 13.5. The van der Waals surface area contributed by atoms with Crippen molar-refractivity contribution in [2.75, 3.05) is 46.6 Å². The van der Waals surface area contributed by atoms with Crippen LogP contribution in [0.3, 0.4) is 0 Å². The molecule has 4 nitrogen and oxygen atoms in total. The van der Waals surface area contributed by atoms with Crippen LogP contribution in [0.2, 0.25) is 0 Å². The fourth-order valence-corrected chi connectivity index (χ4v) is 2.44. The molecule has 0 atom stereocenters. The van der Waals surface area contributed by atoms with Crippen LogP contribution >= 0.6 is 0 Å². The molecule has 1 saturated carbocycles. The van der Waals surface area contributed by atoms with E-state index in [2.05, 4.69) is 23.7 Å². The molecule has 0 unspecified atom stereocenters. The Kier molecular flexibility index (Phi) is 6.12. The lowest BCUT2D eigenvalue weighted by atomic mass is 9.92. The number of rotatable bonds is 7. The summed E-state index contributed by atoms with van der Waals surface area (Å²) in [5.41, 5.74) is 0. The molecule has 0 radical (unpaired) electrons. The number of nitrogens with zero attached hydrogens (tertiary/aromatic N) is 1. The van der Waals surface area contributed by atoms with E-state index in [9.17, 15) is 0 Å². The van der Waals surface area contributed by atoms with Crippen LogP contribution in [0.4, 0.5) is 0 Å². The Balaban J connectivity index is 1.36. The van der Waals surface area contributed by atoms with E-state index in [0.29, 0.717) is 25.4 Å². The van der Waals surface area contributed by atoms with Crippen LogP contribution in [0.25, 0.3) is 0 Å². The van der Waals surface area contributed by atoms with Gasteiger partial charge in [0.15, 0.2) is 0 Å². The fourth-order valence-electron chi connectivity index (χ4n) is 2.44. The minimum Gasteiger partial charge on any atom is -0.381 e. The second-order valence-electron chi connectivity index (χ2n) is 5.53. The van der Waals surface area contributed by atoms with E-state index in [1.54, 1.807) is 7.11 Å². The molecular weight excluding hydrogens is 242 g/mol. The Bertz CT molecular complexity index is 311. The molecule has 1 aliphatic carbocycles. The lowest BCUT2D eigenvalue weighted by molar-refractivity contribution is -0.0781. The molecule has 0 bridgehead atoms. The summed E-state index contributed by atoms with van der Waals surface area (Å²) in [4.78, 5) is 2.41. The zero-order valence-corrected chi connectivity index (χ0v) is 12.1. The molecule has 0 aromatic rings. The molecule has 4 heteroatoms. The van der Waals surface area contributed by atoms with E-state index < -0.39 is 0 Å². The van der Waals surface area contributed by atoms with Crippen molar-refractivity contribution in [1.29, 1.82) is 0 Å². The summed E-state index contributed by atoms with van der Waals surface area (Å²) < 4.78 is 16.2. The summed E-state index contributed by atoms with van der Waals surface area (Å²) in [6.07, 6.45) is 2.74. The predicted octanol–water partition coefficient (Wildman–Crippen LogP) is 1.15. The molecule has 0 aromatic heterocycles. The van der Waals surface area contributed by atoms with E-state index in [1.165, 1.54) is 13.1 Å². The van der Waals surface area contributed by atoms with Gasteiger partial charge in [-0.3, -0.25) is 0 Å². The summed E-state index contributed by atoms with van der Waals surface area (Å²) in [6, 6.07) is 0. The zero-order valence-electron chi connectivity index (χ0n) is 12.1. The minimum atomic E-state index is 0.341. The van der Waals surface area contributed by atoms with Crippen LogP contribution in [0.1, 0.15) is 19.8 Å². The highest BCUT2D eigenvalue weighted by atomic mass is 16.5.